The number of methoxy groups -OCH3 is 1. The molecule has 0 amide bonds. The van der Waals surface area contributed by atoms with Crippen LogP contribution < -0.4 is 0 Å². The van der Waals surface area contributed by atoms with Crippen molar-refractivity contribution in [2.45, 2.75) is 12.6 Å². The van der Waals surface area contributed by atoms with Gasteiger partial charge in [-0.05, 0) is 12.2 Å². The van der Waals surface area contributed by atoms with Crippen molar-refractivity contribution in [3.63, 3.8) is 0 Å². The molecule has 1 rings (SSSR count). The van der Waals surface area contributed by atoms with Crippen LogP contribution in [0.2, 0.25) is 0 Å². The molecule has 1 heterocycles. The number of thioether (sulfide) groups is 1. The maximum Gasteiger partial charge on any atom is 0.312 e. The molecule has 0 N–H and O–H groups in total. The Bertz CT molecular complexity index is 151. The molecule has 0 aromatic heterocycles. The summed E-state index contributed by atoms with van der Waals surface area (Å²) in [6.45, 7) is 0. The van der Waals surface area contributed by atoms with Crippen LogP contribution in [0.3, 0.4) is 0 Å². The molecule has 0 radical (unpaired) electrons. The second-order valence-corrected chi connectivity index (χ2v) is 3.66. The molecule has 0 bridgehead atoms. The molecular weight excluding hydrogens is 167 g/mol. The van der Waals surface area contributed by atoms with Gasteiger partial charge in [-0.15, -0.1) is 0 Å². The molecule has 1 fully saturated rings. The summed E-state index contributed by atoms with van der Waals surface area (Å²) < 4.78 is 17.4. The summed E-state index contributed by atoms with van der Waals surface area (Å²) in [5, 5.41) is 0. The first kappa shape index (κ1) is 8.84. The highest BCUT2D eigenvalue weighted by Crippen LogP contribution is 2.26. The van der Waals surface area contributed by atoms with E-state index in [0.717, 1.165) is 5.75 Å². The van der Waals surface area contributed by atoms with Gasteiger partial charge in [-0.3, -0.25) is 4.79 Å². The fourth-order valence-electron chi connectivity index (χ4n) is 1.08. The van der Waals surface area contributed by atoms with Gasteiger partial charge in [0.1, 0.15) is 6.17 Å². The average molecular weight is 178 g/mol. The average Bonchev–Trinajstić information content (AvgIpc) is 2.04. The zero-order chi connectivity index (χ0) is 8.27. The summed E-state index contributed by atoms with van der Waals surface area (Å²) >= 11 is 1.61. The van der Waals surface area contributed by atoms with E-state index in [4.69, 9.17) is 0 Å². The van der Waals surface area contributed by atoms with Crippen molar-refractivity contribution in [1.82, 2.24) is 0 Å². The van der Waals surface area contributed by atoms with Crippen LogP contribution in [-0.4, -0.2) is 30.8 Å². The lowest BCUT2D eigenvalue weighted by Gasteiger charge is -2.22. The van der Waals surface area contributed by atoms with Crippen molar-refractivity contribution in [2.24, 2.45) is 5.92 Å². The van der Waals surface area contributed by atoms with Crippen LogP contribution >= 0.6 is 11.8 Å². The topological polar surface area (TPSA) is 26.3 Å². The van der Waals surface area contributed by atoms with E-state index in [0.29, 0.717) is 12.2 Å². The van der Waals surface area contributed by atoms with Gasteiger partial charge in [-0.2, -0.15) is 11.8 Å². The number of hydrogen-bond donors (Lipinski definition) is 0. The molecule has 11 heavy (non-hydrogen) atoms. The van der Waals surface area contributed by atoms with E-state index in [1.165, 1.54) is 7.11 Å². The Morgan fingerprint density at radius 1 is 1.73 bits per heavy atom. The Balaban J connectivity index is 2.47. The fourth-order valence-corrected chi connectivity index (χ4v) is 2.24. The van der Waals surface area contributed by atoms with Gasteiger partial charge in [0.2, 0.25) is 0 Å². The SMILES string of the molecule is COC(=O)[C@H]1CSCC[C@H]1F. The number of halogens is 1. The van der Waals surface area contributed by atoms with Crippen molar-refractivity contribution in [2.75, 3.05) is 18.6 Å². The van der Waals surface area contributed by atoms with Crippen molar-refractivity contribution < 1.29 is 13.9 Å². The molecular formula is C7H11FO2S. The largest absolute Gasteiger partial charge is 0.469 e. The predicted octanol–water partition coefficient (Wildman–Crippen LogP) is 1.25. The van der Waals surface area contributed by atoms with E-state index in [-0.39, 0.29) is 0 Å². The van der Waals surface area contributed by atoms with Crippen LogP contribution in [0.25, 0.3) is 0 Å². The smallest absolute Gasteiger partial charge is 0.312 e. The zero-order valence-corrected chi connectivity index (χ0v) is 7.20. The molecule has 64 valence electrons. The minimum absolute atomic E-state index is 0.412. The highest BCUT2D eigenvalue weighted by atomic mass is 32.2. The van der Waals surface area contributed by atoms with E-state index < -0.39 is 18.1 Å². The van der Waals surface area contributed by atoms with Crippen molar-refractivity contribution in [1.29, 1.82) is 0 Å². The van der Waals surface area contributed by atoms with Crippen LogP contribution in [-0.2, 0) is 9.53 Å². The lowest BCUT2D eigenvalue weighted by atomic mass is 10.0. The molecule has 0 unspecified atom stereocenters. The van der Waals surface area contributed by atoms with Crippen molar-refractivity contribution >= 4 is 17.7 Å². The first-order chi connectivity index (χ1) is 5.25. The summed E-state index contributed by atoms with van der Waals surface area (Å²) in [6, 6.07) is 0. The third kappa shape index (κ3) is 2.09. The maximum absolute atomic E-state index is 13.0. The zero-order valence-electron chi connectivity index (χ0n) is 6.38. The van der Waals surface area contributed by atoms with Crippen LogP contribution in [0.1, 0.15) is 6.42 Å². The van der Waals surface area contributed by atoms with Crippen molar-refractivity contribution in [3.05, 3.63) is 0 Å². The molecule has 1 saturated heterocycles. The van der Waals surface area contributed by atoms with E-state index >= 15 is 0 Å². The van der Waals surface area contributed by atoms with Gasteiger partial charge in [0.25, 0.3) is 0 Å². The van der Waals surface area contributed by atoms with Crippen LogP contribution in [0.5, 0.6) is 0 Å². The number of rotatable bonds is 1. The molecule has 0 spiro atoms. The number of hydrogen-bond acceptors (Lipinski definition) is 3. The van der Waals surface area contributed by atoms with Gasteiger partial charge in [0.15, 0.2) is 0 Å². The summed E-state index contributed by atoms with van der Waals surface area (Å²) in [5.74, 6) is 0.436. The van der Waals surface area contributed by atoms with Gasteiger partial charge in [0.05, 0.1) is 13.0 Å². The maximum atomic E-state index is 13.0. The Kier molecular flexibility index (Phi) is 3.17. The normalized spacial score (nSPS) is 31.5. The molecule has 4 heteroatoms. The Hall–Kier alpha value is -0.250. The van der Waals surface area contributed by atoms with Gasteiger partial charge in [-0.1, -0.05) is 0 Å². The van der Waals surface area contributed by atoms with Crippen LogP contribution in [0, 0.1) is 5.92 Å². The Morgan fingerprint density at radius 2 is 2.45 bits per heavy atom. The molecule has 0 saturated carbocycles. The monoisotopic (exact) mass is 178 g/mol. The first-order valence-electron chi connectivity index (χ1n) is 3.55. The third-order valence-electron chi connectivity index (χ3n) is 1.78. The summed E-state index contributed by atoms with van der Waals surface area (Å²) in [5.41, 5.74) is 0. The molecule has 1 aliphatic rings. The number of esters is 1. The number of ether oxygens (including phenoxy) is 1. The molecule has 1 aliphatic heterocycles. The minimum atomic E-state index is -0.997. The van der Waals surface area contributed by atoms with E-state index in [2.05, 4.69) is 4.74 Å². The number of alkyl halides is 1. The standard InChI is InChI=1S/C7H11FO2S/c1-10-7(9)5-4-11-3-2-6(5)8/h5-6H,2-4H2,1H3/t5-,6+/m0/s1. The second kappa shape index (κ2) is 3.95. The summed E-state index contributed by atoms with van der Waals surface area (Å²) in [7, 11) is 1.30. The number of carbonyl (C=O) groups is 1. The molecule has 0 aliphatic carbocycles. The minimum Gasteiger partial charge on any atom is -0.469 e. The van der Waals surface area contributed by atoms with Gasteiger partial charge in [-0.25, -0.2) is 4.39 Å². The highest BCUT2D eigenvalue weighted by Gasteiger charge is 2.31. The quantitative estimate of drug-likeness (QED) is 0.565. The fraction of sp³-hybridized carbons (Fsp3) is 0.857. The van der Waals surface area contributed by atoms with Crippen LogP contribution in [0.4, 0.5) is 4.39 Å². The lowest BCUT2D eigenvalue weighted by molar-refractivity contribution is -0.146. The second-order valence-electron chi connectivity index (χ2n) is 2.51. The van der Waals surface area contributed by atoms with Crippen LogP contribution in [0.15, 0.2) is 0 Å². The van der Waals surface area contributed by atoms with Crippen molar-refractivity contribution in [3.8, 4) is 0 Å². The van der Waals surface area contributed by atoms with Gasteiger partial charge >= 0.3 is 5.97 Å². The highest BCUT2D eigenvalue weighted by molar-refractivity contribution is 7.99. The summed E-state index contributed by atoms with van der Waals surface area (Å²) in [4.78, 5) is 10.9. The number of carbonyl (C=O) groups excluding carboxylic acids is 1. The Labute approximate surface area is 69.5 Å². The molecule has 2 nitrogen and oxygen atoms in total. The lowest BCUT2D eigenvalue weighted by Crippen LogP contribution is -2.32. The van der Waals surface area contributed by atoms with Gasteiger partial charge in [0, 0.05) is 5.75 Å². The van der Waals surface area contributed by atoms with Gasteiger partial charge < -0.3 is 4.74 Å². The molecule has 2 atom stereocenters. The Morgan fingerprint density at radius 3 is 3.00 bits per heavy atom. The summed E-state index contributed by atoms with van der Waals surface area (Å²) in [6.07, 6.45) is -0.520. The van der Waals surface area contributed by atoms with E-state index in [1.54, 1.807) is 11.8 Å². The third-order valence-corrected chi connectivity index (χ3v) is 2.90. The first-order valence-corrected chi connectivity index (χ1v) is 4.71. The van der Waals surface area contributed by atoms with E-state index in [1.807, 2.05) is 0 Å². The van der Waals surface area contributed by atoms with E-state index in [9.17, 15) is 9.18 Å². The molecule has 0 aromatic rings. The predicted molar refractivity (Wildman–Crippen MR) is 42.3 cm³/mol. The molecule has 0 aromatic carbocycles.